The summed E-state index contributed by atoms with van der Waals surface area (Å²) < 4.78 is 5.76. The van der Waals surface area contributed by atoms with E-state index in [1.54, 1.807) is 19.4 Å². The first-order valence-electron chi connectivity index (χ1n) is 8.79. The molecule has 6 nitrogen and oxygen atoms in total. The average Bonchev–Trinajstić information content (AvgIpc) is 2.74. The average molecular weight is 489 g/mol. The Labute approximate surface area is 182 Å². The largest absolute Gasteiger partial charge is 0.487 e. The number of aliphatic imine (C=N–C) groups is 1. The van der Waals surface area contributed by atoms with Crippen LogP contribution in [0.4, 0.5) is 0 Å². The van der Waals surface area contributed by atoms with E-state index in [-0.39, 0.29) is 24.0 Å². The molecule has 0 unspecified atom stereocenters. The summed E-state index contributed by atoms with van der Waals surface area (Å²) >= 11 is 0. The molecule has 7 heteroatoms. The zero-order chi connectivity index (χ0) is 18.7. The van der Waals surface area contributed by atoms with Crippen LogP contribution in [-0.2, 0) is 19.7 Å². The van der Waals surface area contributed by atoms with Crippen molar-refractivity contribution in [3.63, 3.8) is 0 Å². The summed E-state index contributed by atoms with van der Waals surface area (Å²) in [6.07, 6.45) is 3.55. The molecule has 0 atom stereocenters. The fourth-order valence-electron chi connectivity index (χ4n) is 2.43. The van der Waals surface area contributed by atoms with E-state index < -0.39 is 0 Å². The Morgan fingerprint density at radius 3 is 2.11 bits per heavy atom. The molecule has 0 spiro atoms. The Morgan fingerprint density at radius 1 is 0.857 bits per heavy atom. The topological polar surface area (TPSA) is 71.4 Å². The number of nitrogens with one attached hydrogen (secondary N) is 2. The highest BCUT2D eigenvalue weighted by Crippen LogP contribution is 2.13. The van der Waals surface area contributed by atoms with Gasteiger partial charge in [0, 0.05) is 26.0 Å². The SMILES string of the molecule is CN=C(NCc1ccc(OCc2ccccn2)cc1)NCc1ccccn1.I. The van der Waals surface area contributed by atoms with Gasteiger partial charge in [0.1, 0.15) is 12.4 Å². The second kappa shape index (κ2) is 11.9. The van der Waals surface area contributed by atoms with Gasteiger partial charge in [-0.15, -0.1) is 24.0 Å². The van der Waals surface area contributed by atoms with Crippen LogP contribution in [0, 0.1) is 0 Å². The molecule has 0 fully saturated rings. The van der Waals surface area contributed by atoms with E-state index in [4.69, 9.17) is 4.74 Å². The summed E-state index contributed by atoms with van der Waals surface area (Å²) in [5.74, 6) is 1.55. The molecule has 0 aliphatic heterocycles. The first-order valence-corrected chi connectivity index (χ1v) is 8.79. The van der Waals surface area contributed by atoms with Crippen LogP contribution in [-0.4, -0.2) is 23.0 Å². The molecule has 1 aromatic carbocycles. The molecule has 2 heterocycles. The molecule has 0 aliphatic carbocycles. The Kier molecular flexibility index (Phi) is 9.20. The van der Waals surface area contributed by atoms with Crippen molar-refractivity contribution < 1.29 is 4.74 Å². The number of rotatable bonds is 7. The number of hydrogen-bond donors (Lipinski definition) is 2. The first-order chi connectivity index (χ1) is 13.3. The van der Waals surface area contributed by atoms with Crippen LogP contribution in [0.15, 0.2) is 78.0 Å². The van der Waals surface area contributed by atoms with Crippen LogP contribution in [0.25, 0.3) is 0 Å². The molecule has 2 N–H and O–H groups in total. The van der Waals surface area contributed by atoms with Gasteiger partial charge >= 0.3 is 0 Å². The third-order valence-electron chi connectivity index (χ3n) is 3.88. The van der Waals surface area contributed by atoms with Crippen LogP contribution < -0.4 is 15.4 Å². The maximum atomic E-state index is 5.76. The van der Waals surface area contributed by atoms with Crippen molar-refractivity contribution in [2.75, 3.05) is 7.05 Å². The van der Waals surface area contributed by atoms with Crippen LogP contribution in [0.5, 0.6) is 5.75 Å². The number of pyridine rings is 2. The lowest BCUT2D eigenvalue weighted by molar-refractivity contribution is 0.301. The van der Waals surface area contributed by atoms with E-state index in [1.807, 2.05) is 60.7 Å². The van der Waals surface area contributed by atoms with Crippen molar-refractivity contribution in [1.29, 1.82) is 0 Å². The summed E-state index contributed by atoms with van der Waals surface area (Å²) in [4.78, 5) is 12.8. The summed E-state index contributed by atoms with van der Waals surface area (Å²) in [7, 11) is 1.75. The first kappa shape index (κ1) is 21.6. The van der Waals surface area contributed by atoms with Gasteiger partial charge in [-0.2, -0.15) is 0 Å². The highest BCUT2D eigenvalue weighted by atomic mass is 127. The van der Waals surface area contributed by atoms with Crippen molar-refractivity contribution in [3.8, 4) is 5.75 Å². The van der Waals surface area contributed by atoms with Gasteiger partial charge in [0.2, 0.25) is 0 Å². The number of guanidine groups is 1. The summed E-state index contributed by atoms with van der Waals surface area (Å²) in [5.41, 5.74) is 3.02. The third kappa shape index (κ3) is 7.15. The van der Waals surface area contributed by atoms with Crippen molar-refractivity contribution in [2.24, 2.45) is 4.99 Å². The minimum Gasteiger partial charge on any atom is -0.487 e. The van der Waals surface area contributed by atoms with Crippen LogP contribution >= 0.6 is 24.0 Å². The minimum absolute atomic E-state index is 0. The lowest BCUT2D eigenvalue weighted by atomic mass is 10.2. The zero-order valence-corrected chi connectivity index (χ0v) is 18.0. The normalized spacial score (nSPS) is 10.7. The third-order valence-corrected chi connectivity index (χ3v) is 3.88. The van der Waals surface area contributed by atoms with Crippen LogP contribution in [0.3, 0.4) is 0 Å². The van der Waals surface area contributed by atoms with E-state index >= 15 is 0 Å². The predicted octanol–water partition coefficient (Wildman–Crippen LogP) is 3.54. The van der Waals surface area contributed by atoms with Gasteiger partial charge in [0.25, 0.3) is 0 Å². The van der Waals surface area contributed by atoms with E-state index in [1.165, 1.54) is 0 Å². The zero-order valence-electron chi connectivity index (χ0n) is 15.7. The van der Waals surface area contributed by atoms with E-state index in [0.717, 1.165) is 28.7 Å². The van der Waals surface area contributed by atoms with E-state index in [2.05, 4.69) is 25.6 Å². The molecule has 0 saturated heterocycles. The fraction of sp³-hybridized carbons (Fsp3) is 0.190. The van der Waals surface area contributed by atoms with Crippen LogP contribution in [0.2, 0.25) is 0 Å². The maximum absolute atomic E-state index is 5.76. The number of nitrogens with zero attached hydrogens (tertiary/aromatic N) is 3. The van der Waals surface area contributed by atoms with Gasteiger partial charge in [-0.25, -0.2) is 0 Å². The quantitative estimate of drug-likeness (QED) is 0.302. The molecule has 3 rings (SSSR count). The second-order valence-corrected chi connectivity index (χ2v) is 5.85. The molecule has 2 aromatic heterocycles. The van der Waals surface area contributed by atoms with Gasteiger partial charge in [-0.3, -0.25) is 15.0 Å². The lowest BCUT2D eigenvalue weighted by Crippen LogP contribution is -2.36. The van der Waals surface area contributed by atoms with Crippen LogP contribution in [0.1, 0.15) is 17.0 Å². The number of aromatic nitrogens is 2. The molecule has 0 saturated carbocycles. The number of halogens is 1. The fourth-order valence-corrected chi connectivity index (χ4v) is 2.43. The van der Waals surface area contributed by atoms with E-state index in [9.17, 15) is 0 Å². The molecular weight excluding hydrogens is 465 g/mol. The molecule has 0 aliphatic rings. The monoisotopic (exact) mass is 489 g/mol. The maximum Gasteiger partial charge on any atom is 0.191 e. The standard InChI is InChI=1S/C21H23N5O.HI/c1-22-21(26-15-18-6-2-4-12-23-18)25-14-17-8-10-20(11-9-17)27-16-19-7-3-5-13-24-19;/h2-13H,14-16H2,1H3,(H2,22,25,26);1H. The highest BCUT2D eigenvalue weighted by molar-refractivity contribution is 14.0. The smallest absolute Gasteiger partial charge is 0.191 e. The van der Waals surface area contributed by atoms with Gasteiger partial charge in [-0.1, -0.05) is 24.3 Å². The molecule has 28 heavy (non-hydrogen) atoms. The van der Waals surface area contributed by atoms with Gasteiger partial charge in [0.15, 0.2) is 5.96 Å². The Morgan fingerprint density at radius 2 is 1.50 bits per heavy atom. The number of ether oxygens (including phenoxy) is 1. The summed E-state index contributed by atoms with van der Waals surface area (Å²) in [6, 6.07) is 19.6. The van der Waals surface area contributed by atoms with Gasteiger partial charge in [0.05, 0.1) is 17.9 Å². The van der Waals surface area contributed by atoms with Gasteiger partial charge in [-0.05, 0) is 42.0 Å². The van der Waals surface area contributed by atoms with Gasteiger partial charge < -0.3 is 15.4 Å². The number of hydrogen-bond acceptors (Lipinski definition) is 4. The summed E-state index contributed by atoms with van der Waals surface area (Å²) in [6.45, 7) is 1.76. The molecule has 146 valence electrons. The Balaban J connectivity index is 0.00000280. The summed E-state index contributed by atoms with van der Waals surface area (Å²) in [5, 5.41) is 6.54. The molecular formula is C21H24IN5O. The lowest BCUT2D eigenvalue weighted by Gasteiger charge is -2.12. The predicted molar refractivity (Wildman–Crippen MR) is 122 cm³/mol. The molecule has 0 radical (unpaired) electrons. The van der Waals surface area contributed by atoms with Crippen molar-refractivity contribution in [3.05, 3.63) is 90.0 Å². The van der Waals surface area contributed by atoms with E-state index in [0.29, 0.717) is 19.7 Å². The van der Waals surface area contributed by atoms with Crippen molar-refractivity contribution >= 4 is 29.9 Å². The second-order valence-electron chi connectivity index (χ2n) is 5.85. The highest BCUT2D eigenvalue weighted by Gasteiger charge is 2.01. The molecule has 0 bridgehead atoms. The Bertz CT molecular complexity index is 842. The van der Waals surface area contributed by atoms with Crippen molar-refractivity contribution in [1.82, 2.24) is 20.6 Å². The minimum atomic E-state index is 0. The molecule has 0 amide bonds. The van der Waals surface area contributed by atoms with Crippen molar-refractivity contribution in [2.45, 2.75) is 19.7 Å². The molecule has 3 aromatic rings. The number of benzene rings is 1. The Hall–Kier alpha value is -2.68.